The Morgan fingerprint density at radius 2 is 2.10 bits per heavy atom. The molecule has 3 nitrogen and oxygen atoms in total. The van der Waals surface area contributed by atoms with Crippen molar-refractivity contribution in [1.82, 2.24) is 5.32 Å². The van der Waals surface area contributed by atoms with Crippen molar-refractivity contribution in [2.24, 2.45) is 5.41 Å². The Kier molecular flexibility index (Phi) is 5.88. The third-order valence-corrected chi connectivity index (χ3v) is 4.32. The minimum absolute atomic E-state index is 0. The van der Waals surface area contributed by atoms with E-state index in [0.29, 0.717) is 16.7 Å². The maximum absolute atomic E-state index is 12.2. The number of aryl methyl sites for hydroxylation is 1. The summed E-state index contributed by atoms with van der Waals surface area (Å²) in [6.45, 7) is 4.96. The topological polar surface area (TPSA) is 55.1 Å². The first-order valence-corrected chi connectivity index (χ1v) is 7.21. The molecule has 3 N–H and O–H groups in total. The number of halogens is 1. The van der Waals surface area contributed by atoms with E-state index in [1.807, 2.05) is 19.1 Å². The molecule has 1 fully saturated rings. The second-order valence-corrected chi connectivity index (χ2v) is 5.86. The van der Waals surface area contributed by atoms with Crippen molar-refractivity contribution in [3.63, 3.8) is 0 Å². The van der Waals surface area contributed by atoms with Crippen LogP contribution in [-0.2, 0) is 0 Å². The van der Waals surface area contributed by atoms with Crippen LogP contribution in [0, 0.1) is 12.3 Å². The predicted molar refractivity (Wildman–Crippen MR) is 86.4 cm³/mol. The molecule has 0 atom stereocenters. The summed E-state index contributed by atoms with van der Waals surface area (Å²) in [5.41, 5.74) is 8.43. The molecule has 2 rings (SSSR count). The number of benzene rings is 1. The molecule has 0 heterocycles. The van der Waals surface area contributed by atoms with Crippen molar-refractivity contribution in [2.75, 3.05) is 12.3 Å². The van der Waals surface area contributed by atoms with Crippen molar-refractivity contribution in [3.05, 3.63) is 29.3 Å². The van der Waals surface area contributed by atoms with E-state index in [0.717, 1.165) is 12.1 Å². The molecular formula is C16H25ClN2O. The molecule has 112 valence electrons. The number of nitrogen functional groups attached to an aromatic ring is 1. The van der Waals surface area contributed by atoms with E-state index in [-0.39, 0.29) is 18.3 Å². The fourth-order valence-electron chi connectivity index (χ4n) is 2.97. The van der Waals surface area contributed by atoms with Crippen LogP contribution in [0.5, 0.6) is 0 Å². The summed E-state index contributed by atoms with van der Waals surface area (Å²) >= 11 is 0. The number of nitrogens with one attached hydrogen (secondary N) is 1. The molecule has 1 aliphatic carbocycles. The van der Waals surface area contributed by atoms with Gasteiger partial charge in [-0.3, -0.25) is 4.79 Å². The zero-order chi connectivity index (χ0) is 13.9. The third kappa shape index (κ3) is 3.66. The lowest BCUT2D eigenvalue weighted by Gasteiger charge is -2.42. The Balaban J connectivity index is 0.00000200. The molecule has 4 heteroatoms. The Labute approximate surface area is 127 Å². The average molecular weight is 297 g/mol. The van der Waals surface area contributed by atoms with Crippen LogP contribution < -0.4 is 11.1 Å². The minimum atomic E-state index is 0. The number of hydrogen-bond acceptors (Lipinski definition) is 2. The van der Waals surface area contributed by atoms with Gasteiger partial charge in [-0.2, -0.15) is 0 Å². The van der Waals surface area contributed by atoms with Crippen LogP contribution in [0.2, 0.25) is 0 Å². The summed E-state index contributed by atoms with van der Waals surface area (Å²) in [6.07, 6.45) is 6.19. The first kappa shape index (κ1) is 16.8. The van der Waals surface area contributed by atoms with Crippen LogP contribution in [0.3, 0.4) is 0 Å². The van der Waals surface area contributed by atoms with Crippen LogP contribution in [0.25, 0.3) is 0 Å². The van der Waals surface area contributed by atoms with E-state index in [1.165, 1.54) is 32.1 Å². The fraction of sp³-hybridized carbons (Fsp3) is 0.562. The average Bonchev–Trinajstić information content (AvgIpc) is 2.35. The standard InChI is InChI=1S/C16H24N2O.ClH/c1-3-7-16(8-4-9-16)11-18-15(19)14-10-13(17)6-5-12(14)2;/h5-6,10H,3-4,7-9,11,17H2,1-2H3,(H,18,19);1H. The molecule has 0 spiro atoms. The van der Waals surface area contributed by atoms with E-state index in [9.17, 15) is 4.79 Å². The first-order valence-electron chi connectivity index (χ1n) is 7.21. The summed E-state index contributed by atoms with van der Waals surface area (Å²) in [7, 11) is 0. The molecule has 20 heavy (non-hydrogen) atoms. The molecule has 1 aromatic carbocycles. The van der Waals surface area contributed by atoms with Gasteiger partial charge in [-0.15, -0.1) is 12.4 Å². The van der Waals surface area contributed by atoms with Crippen molar-refractivity contribution in [3.8, 4) is 0 Å². The van der Waals surface area contributed by atoms with Crippen molar-refractivity contribution < 1.29 is 4.79 Å². The van der Waals surface area contributed by atoms with E-state index in [2.05, 4.69) is 12.2 Å². The van der Waals surface area contributed by atoms with Crippen LogP contribution in [0.4, 0.5) is 5.69 Å². The van der Waals surface area contributed by atoms with Crippen molar-refractivity contribution in [1.29, 1.82) is 0 Å². The fourth-order valence-corrected chi connectivity index (χ4v) is 2.97. The lowest BCUT2D eigenvalue weighted by molar-refractivity contribution is 0.0832. The second-order valence-electron chi connectivity index (χ2n) is 5.86. The van der Waals surface area contributed by atoms with Crippen LogP contribution >= 0.6 is 12.4 Å². The molecule has 1 amide bonds. The van der Waals surface area contributed by atoms with Gasteiger partial charge >= 0.3 is 0 Å². The molecule has 0 bridgehead atoms. The predicted octanol–water partition coefficient (Wildman–Crippen LogP) is 3.70. The number of hydrogen-bond donors (Lipinski definition) is 2. The van der Waals surface area contributed by atoms with Gasteiger partial charge in [-0.1, -0.05) is 25.8 Å². The quantitative estimate of drug-likeness (QED) is 0.814. The summed E-state index contributed by atoms with van der Waals surface area (Å²) in [4.78, 5) is 12.2. The highest BCUT2D eigenvalue weighted by molar-refractivity contribution is 5.96. The number of carbonyl (C=O) groups excluding carboxylic acids is 1. The number of amides is 1. The Morgan fingerprint density at radius 1 is 1.40 bits per heavy atom. The number of rotatable bonds is 5. The molecule has 0 aliphatic heterocycles. The van der Waals surface area contributed by atoms with Gasteiger partial charge in [-0.05, 0) is 49.3 Å². The normalized spacial score (nSPS) is 15.9. The highest BCUT2D eigenvalue weighted by atomic mass is 35.5. The number of anilines is 1. The molecule has 0 unspecified atom stereocenters. The maximum Gasteiger partial charge on any atom is 0.251 e. The lowest BCUT2D eigenvalue weighted by atomic mass is 9.66. The van der Waals surface area contributed by atoms with Gasteiger partial charge in [0.25, 0.3) is 5.91 Å². The van der Waals surface area contributed by atoms with E-state index >= 15 is 0 Å². The second kappa shape index (κ2) is 6.98. The van der Waals surface area contributed by atoms with E-state index in [1.54, 1.807) is 6.07 Å². The molecule has 1 aliphatic rings. The molecular weight excluding hydrogens is 272 g/mol. The molecule has 0 radical (unpaired) electrons. The number of carbonyl (C=O) groups is 1. The van der Waals surface area contributed by atoms with Gasteiger partial charge in [-0.25, -0.2) is 0 Å². The van der Waals surface area contributed by atoms with Gasteiger partial charge in [0.2, 0.25) is 0 Å². The van der Waals surface area contributed by atoms with Crippen molar-refractivity contribution in [2.45, 2.75) is 46.0 Å². The van der Waals surface area contributed by atoms with Crippen LogP contribution in [-0.4, -0.2) is 12.5 Å². The van der Waals surface area contributed by atoms with Crippen LogP contribution in [0.1, 0.15) is 54.9 Å². The zero-order valence-electron chi connectivity index (χ0n) is 12.4. The highest BCUT2D eigenvalue weighted by Gasteiger charge is 2.36. The molecule has 1 aromatic rings. The largest absolute Gasteiger partial charge is 0.399 e. The Bertz CT molecular complexity index is 470. The SMILES string of the molecule is CCCC1(CNC(=O)c2cc(N)ccc2C)CCC1.Cl. The maximum atomic E-state index is 12.2. The Hall–Kier alpha value is -1.22. The van der Waals surface area contributed by atoms with Crippen molar-refractivity contribution >= 4 is 24.0 Å². The Morgan fingerprint density at radius 3 is 2.65 bits per heavy atom. The van der Waals surface area contributed by atoms with Gasteiger partial charge < -0.3 is 11.1 Å². The monoisotopic (exact) mass is 296 g/mol. The molecule has 1 saturated carbocycles. The summed E-state index contributed by atoms with van der Waals surface area (Å²) < 4.78 is 0. The van der Waals surface area contributed by atoms with Gasteiger partial charge in [0, 0.05) is 17.8 Å². The van der Waals surface area contributed by atoms with Gasteiger partial charge in [0.1, 0.15) is 0 Å². The zero-order valence-corrected chi connectivity index (χ0v) is 13.2. The lowest BCUT2D eigenvalue weighted by Crippen LogP contribution is -2.42. The summed E-state index contributed by atoms with van der Waals surface area (Å²) in [5.74, 6) is 0.00665. The van der Waals surface area contributed by atoms with E-state index in [4.69, 9.17) is 5.73 Å². The smallest absolute Gasteiger partial charge is 0.251 e. The summed E-state index contributed by atoms with van der Waals surface area (Å²) in [6, 6.07) is 5.49. The van der Waals surface area contributed by atoms with Crippen LogP contribution in [0.15, 0.2) is 18.2 Å². The first-order chi connectivity index (χ1) is 9.06. The van der Waals surface area contributed by atoms with E-state index < -0.39 is 0 Å². The molecule has 0 saturated heterocycles. The van der Waals surface area contributed by atoms with Gasteiger partial charge in [0.15, 0.2) is 0 Å². The summed E-state index contributed by atoms with van der Waals surface area (Å²) in [5, 5.41) is 3.10. The molecule has 0 aromatic heterocycles. The minimum Gasteiger partial charge on any atom is -0.399 e. The highest BCUT2D eigenvalue weighted by Crippen LogP contribution is 2.44. The van der Waals surface area contributed by atoms with Gasteiger partial charge in [0.05, 0.1) is 0 Å². The third-order valence-electron chi connectivity index (χ3n) is 4.32. The number of nitrogens with two attached hydrogens (primary N) is 1.